The molecule has 1 saturated heterocycles. The van der Waals surface area contributed by atoms with Crippen LogP contribution in [0, 0.1) is 0 Å². The molecule has 0 amide bonds. The van der Waals surface area contributed by atoms with Gasteiger partial charge in [-0.1, -0.05) is 29.3 Å². The highest BCUT2D eigenvalue weighted by Crippen LogP contribution is 2.40. The summed E-state index contributed by atoms with van der Waals surface area (Å²) in [6, 6.07) is 16.4. The summed E-state index contributed by atoms with van der Waals surface area (Å²) in [5, 5.41) is 29.5. The van der Waals surface area contributed by atoms with Crippen LogP contribution in [0.25, 0.3) is 25.7 Å². The normalized spacial score (nSPS) is 17.2. The van der Waals surface area contributed by atoms with E-state index in [0.29, 0.717) is 0 Å². The molecule has 0 radical (unpaired) electrons. The number of rotatable bonds is 2. The second kappa shape index (κ2) is 13.6. The average Bonchev–Trinajstić information content (AvgIpc) is 3.56. The van der Waals surface area contributed by atoms with Gasteiger partial charge in [-0.3, -0.25) is 0 Å². The van der Waals surface area contributed by atoms with Crippen LogP contribution in [0.3, 0.4) is 0 Å². The van der Waals surface area contributed by atoms with Crippen LogP contribution < -0.4 is 0 Å². The second-order valence-corrected chi connectivity index (χ2v) is 13.3. The molecule has 11 heteroatoms. The molecule has 0 atom stereocenters. The van der Waals surface area contributed by atoms with Crippen LogP contribution in [0.15, 0.2) is 54.6 Å². The maximum absolute atomic E-state index is 10.8. The third-order valence-electron chi connectivity index (χ3n) is 7.14. The van der Waals surface area contributed by atoms with Gasteiger partial charge in [-0.05, 0) is 98.2 Å². The van der Waals surface area contributed by atoms with Crippen molar-refractivity contribution in [3.63, 3.8) is 0 Å². The van der Waals surface area contributed by atoms with E-state index in [1.807, 2.05) is 41.7 Å². The van der Waals surface area contributed by atoms with E-state index in [2.05, 4.69) is 48.2 Å². The molecule has 7 nitrogen and oxygen atoms in total. The van der Waals surface area contributed by atoms with Crippen molar-refractivity contribution in [2.45, 2.75) is 24.9 Å². The number of halogens is 2. The summed E-state index contributed by atoms with van der Waals surface area (Å²) in [6.07, 6.45) is 5.11. The number of nitrogens with zero attached hydrogens (tertiary/aromatic N) is 2. The third kappa shape index (κ3) is 8.29. The van der Waals surface area contributed by atoms with Crippen molar-refractivity contribution in [1.82, 2.24) is 9.80 Å². The van der Waals surface area contributed by atoms with E-state index in [1.165, 1.54) is 25.2 Å². The number of likely N-dealkylation sites (tertiary alicyclic amines) is 1. The fraction of sp³-hybridized carbons (Fsp3) is 0.333. The average molecular weight is 636 g/mol. The maximum Gasteiger partial charge on any atom is 0.414 e. The maximum atomic E-state index is 10.8. The van der Waals surface area contributed by atoms with E-state index in [0.717, 1.165) is 65.8 Å². The molecule has 0 saturated carbocycles. The Balaban J connectivity index is 0.000000159. The molecule has 2 aromatic heterocycles. The first-order chi connectivity index (χ1) is 19.4. The number of hydrogen-bond acceptors (Lipinski definition) is 7. The monoisotopic (exact) mass is 634 g/mol. The van der Waals surface area contributed by atoms with Gasteiger partial charge in [0.25, 0.3) is 0 Å². The highest BCUT2D eigenvalue weighted by Gasteiger charge is 2.34. The predicted molar refractivity (Wildman–Crippen MR) is 170 cm³/mol. The molecule has 2 aliphatic heterocycles. The Morgan fingerprint density at radius 2 is 1.37 bits per heavy atom. The smallest absolute Gasteiger partial charge is 0.414 e. The Kier molecular flexibility index (Phi) is 10.5. The molecule has 0 spiro atoms. The number of aliphatic hydroxyl groups is 1. The zero-order valence-electron chi connectivity index (χ0n) is 22.8. The van der Waals surface area contributed by atoms with Crippen LogP contribution >= 0.6 is 45.9 Å². The van der Waals surface area contributed by atoms with Gasteiger partial charge in [0, 0.05) is 55.4 Å². The Morgan fingerprint density at radius 3 is 1.90 bits per heavy atom. The zero-order chi connectivity index (χ0) is 29.7. The minimum atomic E-state index is -1.82. The summed E-state index contributed by atoms with van der Waals surface area (Å²) in [6.45, 7) is 4.11. The molecule has 0 unspecified atom stereocenters. The predicted octanol–water partition coefficient (Wildman–Crippen LogP) is 6.90. The van der Waals surface area contributed by atoms with Crippen molar-refractivity contribution in [3.05, 3.63) is 74.4 Å². The lowest BCUT2D eigenvalue weighted by Gasteiger charge is -2.35. The van der Waals surface area contributed by atoms with E-state index in [1.54, 1.807) is 11.3 Å². The van der Waals surface area contributed by atoms with Gasteiger partial charge in [0.15, 0.2) is 0 Å². The summed E-state index contributed by atoms with van der Waals surface area (Å²) >= 11 is 15.6. The lowest BCUT2D eigenvalue weighted by atomic mass is 9.90. The van der Waals surface area contributed by atoms with Gasteiger partial charge in [-0.15, -0.1) is 22.7 Å². The summed E-state index contributed by atoms with van der Waals surface area (Å²) < 4.78 is 2.52. The molecule has 0 aliphatic carbocycles. The number of carboxylic acid groups (broad SMARTS) is 2. The molecule has 6 rings (SSSR count). The highest BCUT2D eigenvalue weighted by atomic mass is 35.5. The molecule has 4 aromatic rings. The van der Waals surface area contributed by atoms with Gasteiger partial charge in [-0.2, -0.15) is 0 Å². The van der Waals surface area contributed by atoms with Crippen LogP contribution in [0.5, 0.6) is 0 Å². The minimum absolute atomic E-state index is 0.650. The number of fused-ring (bicyclic) bond motifs is 2. The standard InChI is InChI=1S/C14H16ClNOS.C14H14ClNS.C2H2O4/c1-16-6-4-14(17,5-7-16)13-9-10-8-11(15)2-3-12(10)18-13;1-16-6-4-10(5-7-16)14-9-11-8-12(15)2-3-13(11)17-14;3-1(4)2(5)6/h2-3,8-9,17H,4-7H2,1H3;2-4,8-9H,5-7H2,1H3;(H,3,4)(H,5,6). The SMILES string of the molecule is CN1CC=C(c2cc3cc(Cl)ccc3s2)CC1.CN1CCC(O)(c2cc3cc(Cl)ccc3s2)CC1.O=C(O)C(=O)O. The molecular weight excluding hydrogens is 603 g/mol. The van der Waals surface area contributed by atoms with Crippen molar-refractivity contribution >= 4 is 83.6 Å². The molecular formula is C30H32Cl2N2O5S2. The molecule has 4 heterocycles. The van der Waals surface area contributed by atoms with Crippen molar-refractivity contribution in [1.29, 1.82) is 0 Å². The number of piperidine rings is 1. The lowest BCUT2D eigenvalue weighted by molar-refractivity contribution is -0.159. The molecule has 41 heavy (non-hydrogen) atoms. The third-order valence-corrected chi connectivity index (χ3v) is 10.1. The number of hydrogen-bond donors (Lipinski definition) is 3. The van der Waals surface area contributed by atoms with Crippen molar-refractivity contribution < 1.29 is 24.9 Å². The number of thiophene rings is 2. The van der Waals surface area contributed by atoms with E-state index >= 15 is 0 Å². The summed E-state index contributed by atoms with van der Waals surface area (Å²) in [5.41, 5.74) is 0.836. The number of aliphatic carboxylic acids is 2. The van der Waals surface area contributed by atoms with Gasteiger partial charge in [0.05, 0.1) is 0 Å². The molecule has 218 valence electrons. The number of carbonyl (C=O) groups is 2. The van der Waals surface area contributed by atoms with Gasteiger partial charge >= 0.3 is 11.9 Å². The minimum Gasteiger partial charge on any atom is -0.473 e. The summed E-state index contributed by atoms with van der Waals surface area (Å²) in [5.74, 6) is -3.65. The topological polar surface area (TPSA) is 101 Å². The molecule has 2 aliphatic rings. The largest absolute Gasteiger partial charge is 0.473 e. The number of likely N-dealkylation sites (N-methyl/N-ethyl adjacent to an activating group) is 1. The molecule has 1 fully saturated rings. The number of carboxylic acids is 2. The fourth-order valence-electron chi connectivity index (χ4n) is 4.65. The van der Waals surface area contributed by atoms with E-state index in [-0.39, 0.29) is 0 Å². The Labute approximate surface area is 256 Å². The van der Waals surface area contributed by atoms with Gasteiger partial charge in [0.1, 0.15) is 5.60 Å². The quantitative estimate of drug-likeness (QED) is 0.206. The van der Waals surface area contributed by atoms with Crippen molar-refractivity contribution in [3.8, 4) is 0 Å². The Hall–Kier alpha value is -2.50. The fourth-order valence-corrected chi connectivity index (χ4v) is 7.31. The van der Waals surface area contributed by atoms with Crippen LogP contribution in [0.4, 0.5) is 0 Å². The van der Waals surface area contributed by atoms with Crippen LogP contribution in [-0.4, -0.2) is 77.3 Å². The zero-order valence-corrected chi connectivity index (χ0v) is 25.9. The first kappa shape index (κ1) is 31.4. The van der Waals surface area contributed by atoms with Crippen LogP contribution in [0.2, 0.25) is 10.0 Å². The first-order valence-corrected chi connectivity index (χ1v) is 15.5. The summed E-state index contributed by atoms with van der Waals surface area (Å²) in [4.78, 5) is 25.3. The Morgan fingerprint density at radius 1 is 0.805 bits per heavy atom. The van der Waals surface area contributed by atoms with Gasteiger partial charge in [-0.25, -0.2) is 9.59 Å². The summed E-state index contributed by atoms with van der Waals surface area (Å²) in [7, 11) is 4.27. The molecule has 2 aromatic carbocycles. The van der Waals surface area contributed by atoms with E-state index < -0.39 is 17.5 Å². The second-order valence-electron chi connectivity index (χ2n) is 10.3. The van der Waals surface area contributed by atoms with Crippen LogP contribution in [-0.2, 0) is 15.2 Å². The highest BCUT2D eigenvalue weighted by molar-refractivity contribution is 7.20. The van der Waals surface area contributed by atoms with E-state index in [9.17, 15) is 5.11 Å². The first-order valence-electron chi connectivity index (χ1n) is 13.1. The van der Waals surface area contributed by atoms with Crippen molar-refractivity contribution in [2.75, 3.05) is 40.3 Å². The van der Waals surface area contributed by atoms with Gasteiger partial charge in [0.2, 0.25) is 0 Å². The lowest BCUT2D eigenvalue weighted by Crippen LogP contribution is -2.40. The number of benzene rings is 2. The van der Waals surface area contributed by atoms with Crippen LogP contribution in [0.1, 0.15) is 29.0 Å². The van der Waals surface area contributed by atoms with E-state index in [4.69, 9.17) is 43.0 Å². The molecule has 0 bridgehead atoms. The molecule has 3 N–H and O–H groups in total. The Bertz CT molecular complexity index is 1560. The van der Waals surface area contributed by atoms with Gasteiger partial charge < -0.3 is 25.1 Å². The van der Waals surface area contributed by atoms with Crippen molar-refractivity contribution in [2.24, 2.45) is 0 Å².